The zero-order valence-corrected chi connectivity index (χ0v) is 14.0. The highest BCUT2D eigenvalue weighted by molar-refractivity contribution is 5.94. The molecule has 1 aliphatic rings. The van der Waals surface area contributed by atoms with E-state index >= 15 is 0 Å². The van der Waals surface area contributed by atoms with E-state index in [4.69, 9.17) is 5.26 Å². The molecule has 1 aromatic carbocycles. The number of rotatable bonds is 6. The number of carbonyl (C=O) groups excluding carboxylic acids is 2. The lowest BCUT2D eigenvalue weighted by atomic mass is 9.97. The Morgan fingerprint density at radius 1 is 1.25 bits per heavy atom. The summed E-state index contributed by atoms with van der Waals surface area (Å²) in [4.78, 5) is 25.5. The molecule has 0 radical (unpaired) electrons. The maximum Gasteiger partial charge on any atom is 0.243 e. The minimum Gasteiger partial charge on any atom is -0.333 e. The van der Waals surface area contributed by atoms with Gasteiger partial charge in [-0.2, -0.15) is 5.26 Å². The molecule has 0 saturated heterocycles. The van der Waals surface area contributed by atoms with Crippen LogP contribution in [0.5, 0.6) is 0 Å². The Bertz CT molecular complexity index is 656. The van der Waals surface area contributed by atoms with E-state index < -0.39 is 0 Å². The smallest absolute Gasteiger partial charge is 0.243 e. The Morgan fingerprint density at radius 3 is 2.58 bits per heavy atom. The molecule has 126 valence electrons. The molecule has 0 spiro atoms. The molecule has 0 atom stereocenters. The maximum atomic E-state index is 12.1. The maximum absolute atomic E-state index is 12.1. The molecule has 0 heterocycles. The first kappa shape index (κ1) is 17.7. The van der Waals surface area contributed by atoms with Crippen LogP contribution < -0.4 is 5.32 Å². The minimum absolute atomic E-state index is 0.0443. The van der Waals surface area contributed by atoms with Crippen molar-refractivity contribution in [2.24, 2.45) is 0 Å². The second kappa shape index (κ2) is 8.88. The van der Waals surface area contributed by atoms with Gasteiger partial charge in [-0.05, 0) is 56.4 Å². The molecule has 0 saturated carbocycles. The SMILES string of the molecule is CC(=O)N(CCC1=CCCCC1)CC(=O)Nc1ccc(C#N)cc1. The van der Waals surface area contributed by atoms with Crippen molar-refractivity contribution in [3.8, 4) is 6.07 Å². The van der Waals surface area contributed by atoms with Crippen LogP contribution in [0.3, 0.4) is 0 Å². The summed E-state index contributed by atoms with van der Waals surface area (Å²) in [5.74, 6) is -0.325. The summed E-state index contributed by atoms with van der Waals surface area (Å²) in [6.45, 7) is 2.11. The van der Waals surface area contributed by atoms with Crippen molar-refractivity contribution >= 4 is 17.5 Å². The van der Waals surface area contributed by atoms with E-state index in [0.29, 0.717) is 17.8 Å². The van der Waals surface area contributed by atoms with Gasteiger partial charge in [-0.3, -0.25) is 9.59 Å². The number of benzene rings is 1. The number of nitrogens with one attached hydrogen (secondary N) is 1. The van der Waals surface area contributed by atoms with Gasteiger partial charge in [0.15, 0.2) is 0 Å². The molecule has 0 unspecified atom stereocenters. The van der Waals surface area contributed by atoms with Crippen LogP contribution in [0.25, 0.3) is 0 Å². The van der Waals surface area contributed by atoms with Crippen LogP contribution in [0.15, 0.2) is 35.9 Å². The predicted octanol–water partition coefficient (Wildman–Crippen LogP) is 3.24. The van der Waals surface area contributed by atoms with E-state index in [9.17, 15) is 9.59 Å². The Hall–Kier alpha value is -2.61. The van der Waals surface area contributed by atoms with Gasteiger partial charge in [0, 0.05) is 19.2 Å². The fourth-order valence-corrected chi connectivity index (χ4v) is 2.76. The number of amides is 2. The highest BCUT2D eigenvalue weighted by Gasteiger charge is 2.15. The molecule has 0 bridgehead atoms. The van der Waals surface area contributed by atoms with E-state index in [1.165, 1.54) is 25.3 Å². The minimum atomic E-state index is -0.229. The summed E-state index contributed by atoms with van der Waals surface area (Å²) in [6.07, 6.45) is 7.78. The first-order valence-electron chi connectivity index (χ1n) is 8.32. The normalized spacial score (nSPS) is 13.6. The third kappa shape index (κ3) is 5.54. The summed E-state index contributed by atoms with van der Waals surface area (Å²) in [6, 6.07) is 8.69. The second-order valence-electron chi connectivity index (χ2n) is 6.04. The Morgan fingerprint density at radius 2 is 2.00 bits per heavy atom. The molecule has 5 nitrogen and oxygen atoms in total. The third-order valence-corrected chi connectivity index (χ3v) is 4.17. The lowest BCUT2D eigenvalue weighted by Gasteiger charge is -2.22. The Labute approximate surface area is 143 Å². The van der Waals surface area contributed by atoms with E-state index in [0.717, 1.165) is 19.3 Å². The molecule has 24 heavy (non-hydrogen) atoms. The van der Waals surface area contributed by atoms with Gasteiger partial charge in [0.1, 0.15) is 0 Å². The van der Waals surface area contributed by atoms with Gasteiger partial charge in [-0.15, -0.1) is 0 Å². The quantitative estimate of drug-likeness (QED) is 0.816. The molecule has 5 heteroatoms. The summed E-state index contributed by atoms with van der Waals surface area (Å²) in [5, 5.41) is 11.5. The van der Waals surface area contributed by atoms with Crippen molar-refractivity contribution in [2.75, 3.05) is 18.4 Å². The Kier molecular flexibility index (Phi) is 6.56. The first-order valence-corrected chi connectivity index (χ1v) is 8.32. The molecule has 0 aromatic heterocycles. The summed E-state index contributed by atoms with van der Waals surface area (Å²) >= 11 is 0. The topological polar surface area (TPSA) is 73.2 Å². The first-order chi connectivity index (χ1) is 11.6. The van der Waals surface area contributed by atoms with Crippen LogP contribution in [0, 0.1) is 11.3 Å². The zero-order valence-electron chi connectivity index (χ0n) is 14.0. The molecular formula is C19H23N3O2. The lowest BCUT2D eigenvalue weighted by Crippen LogP contribution is -2.37. The van der Waals surface area contributed by atoms with E-state index in [1.807, 2.05) is 6.07 Å². The number of carbonyl (C=O) groups is 2. The monoisotopic (exact) mass is 325 g/mol. The van der Waals surface area contributed by atoms with Crippen molar-refractivity contribution in [2.45, 2.75) is 39.0 Å². The largest absolute Gasteiger partial charge is 0.333 e. The number of anilines is 1. The van der Waals surface area contributed by atoms with Crippen LogP contribution in [0.4, 0.5) is 5.69 Å². The van der Waals surface area contributed by atoms with Crippen LogP contribution in [-0.2, 0) is 9.59 Å². The number of hydrogen-bond donors (Lipinski definition) is 1. The van der Waals surface area contributed by atoms with Gasteiger partial charge < -0.3 is 10.2 Å². The highest BCUT2D eigenvalue weighted by atomic mass is 16.2. The average molecular weight is 325 g/mol. The number of nitrogens with zero attached hydrogens (tertiary/aromatic N) is 2. The van der Waals surface area contributed by atoms with Gasteiger partial charge >= 0.3 is 0 Å². The summed E-state index contributed by atoms with van der Waals surface area (Å²) in [7, 11) is 0. The van der Waals surface area contributed by atoms with Gasteiger partial charge in [-0.25, -0.2) is 0 Å². The summed E-state index contributed by atoms with van der Waals surface area (Å²) in [5.41, 5.74) is 2.55. The second-order valence-corrected chi connectivity index (χ2v) is 6.04. The van der Waals surface area contributed by atoms with Crippen molar-refractivity contribution in [1.29, 1.82) is 5.26 Å². The van der Waals surface area contributed by atoms with E-state index in [1.54, 1.807) is 29.2 Å². The number of hydrogen-bond acceptors (Lipinski definition) is 3. The van der Waals surface area contributed by atoms with Crippen molar-refractivity contribution < 1.29 is 9.59 Å². The van der Waals surface area contributed by atoms with Gasteiger partial charge in [0.05, 0.1) is 18.2 Å². The molecule has 0 aliphatic heterocycles. The lowest BCUT2D eigenvalue weighted by molar-refractivity contribution is -0.132. The molecule has 1 N–H and O–H groups in total. The van der Waals surface area contributed by atoms with Crippen LogP contribution in [0.2, 0.25) is 0 Å². The fraction of sp³-hybridized carbons (Fsp3) is 0.421. The van der Waals surface area contributed by atoms with Gasteiger partial charge in [-0.1, -0.05) is 11.6 Å². The van der Waals surface area contributed by atoms with Gasteiger partial charge in [0.25, 0.3) is 0 Å². The Balaban J connectivity index is 1.86. The molecule has 1 aromatic rings. The summed E-state index contributed by atoms with van der Waals surface area (Å²) < 4.78 is 0. The molecule has 0 fully saturated rings. The van der Waals surface area contributed by atoms with E-state index in [-0.39, 0.29) is 18.4 Å². The van der Waals surface area contributed by atoms with Crippen LogP contribution in [0.1, 0.15) is 44.6 Å². The van der Waals surface area contributed by atoms with Crippen molar-refractivity contribution in [3.05, 3.63) is 41.5 Å². The molecular weight excluding hydrogens is 302 g/mol. The van der Waals surface area contributed by atoms with Crippen molar-refractivity contribution in [1.82, 2.24) is 4.90 Å². The van der Waals surface area contributed by atoms with Crippen LogP contribution >= 0.6 is 0 Å². The standard InChI is InChI=1S/C19H23N3O2/c1-15(23)22(12-11-16-5-3-2-4-6-16)14-19(24)21-18-9-7-17(13-20)8-10-18/h5,7-10H,2-4,6,11-12,14H2,1H3,(H,21,24). The molecule has 1 aliphatic carbocycles. The van der Waals surface area contributed by atoms with Gasteiger partial charge in [0.2, 0.25) is 11.8 Å². The van der Waals surface area contributed by atoms with E-state index in [2.05, 4.69) is 11.4 Å². The molecule has 2 rings (SSSR count). The predicted molar refractivity (Wildman–Crippen MR) is 93.2 cm³/mol. The van der Waals surface area contributed by atoms with Crippen molar-refractivity contribution in [3.63, 3.8) is 0 Å². The fourth-order valence-electron chi connectivity index (χ4n) is 2.76. The molecule has 2 amide bonds. The highest BCUT2D eigenvalue weighted by Crippen LogP contribution is 2.20. The zero-order chi connectivity index (χ0) is 17.4. The third-order valence-electron chi connectivity index (χ3n) is 4.17. The van der Waals surface area contributed by atoms with Crippen LogP contribution in [-0.4, -0.2) is 29.8 Å². The number of nitriles is 1. The number of allylic oxidation sites excluding steroid dienone is 1. The average Bonchev–Trinajstić information content (AvgIpc) is 2.60.